The third kappa shape index (κ3) is 2.60. The molecular formula is C15H13NO5. The summed E-state index contributed by atoms with van der Waals surface area (Å²) in [5, 5.41) is 8.86. The number of aromatic carboxylic acids is 1. The van der Waals surface area contributed by atoms with Crippen molar-refractivity contribution in [2.75, 3.05) is 13.2 Å². The normalized spacial score (nSPS) is 13.5. The van der Waals surface area contributed by atoms with E-state index in [-0.39, 0.29) is 5.56 Å². The first-order valence-corrected chi connectivity index (χ1v) is 6.52. The van der Waals surface area contributed by atoms with Gasteiger partial charge >= 0.3 is 5.97 Å². The molecule has 0 saturated carbocycles. The predicted octanol–water partition coefficient (Wildman–Crippen LogP) is 1.90. The highest BCUT2D eigenvalue weighted by atomic mass is 16.5. The zero-order valence-corrected chi connectivity index (χ0v) is 11.1. The lowest BCUT2D eigenvalue weighted by Gasteiger charge is -2.09. The predicted molar refractivity (Wildman–Crippen MR) is 75.1 cm³/mol. The third-order valence-electron chi connectivity index (χ3n) is 3.20. The van der Waals surface area contributed by atoms with Crippen molar-refractivity contribution in [2.24, 2.45) is 0 Å². The Hall–Kier alpha value is -2.76. The Bertz CT molecular complexity index is 750. The van der Waals surface area contributed by atoms with Gasteiger partial charge in [-0.1, -0.05) is 0 Å². The number of carboxylic acids is 1. The number of H-pyrrole nitrogens is 1. The van der Waals surface area contributed by atoms with Crippen molar-refractivity contribution in [3.8, 4) is 22.8 Å². The van der Waals surface area contributed by atoms with Crippen LogP contribution in [-0.4, -0.2) is 29.3 Å². The molecule has 0 atom stereocenters. The van der Waals surface area contributed by atoms with Crippen LogP contribution in [-0.2, 0) is 0 Å². The van der Waals surface area contributed by atoms with Gasteiger partial charge in [-0.15, -0.1) is 0 Å². The number of ether oxygens (including phenoxy) is 2. The van der Waals surface area contributed by atoms with E-state index >= 15 is 0 Å². The van der Waals surface area contributed by atoms with E-state index in [2.05, 4.69) is 4.98 Å². The van der Waals surface area contributed by atoms with Crippen molar-refractivity contribution in [3.05, 3.63) is 46.2 Å². The Balaban J connectivity index is 2.01. The van der Waals surface area contributed by atoms with E-state index in [9.17, 15) is 9.59 Å². The molecule has 0 unspecified atom stereocenters. The maximum absolute atomic E-state index is 11.7. The molecular weight excluding hydrogens is 274 g/mol. The van der Waals surface area contributed by atoms with Crippen LogP contribution in [0.25, 0.3) is 11.3 Å². The molecule has 1 aromatic carbocycles. The fraction of sp³-hybridized carbons (Fsp3) is 0.200. The number of aromatic nitrogens is 1. The lowest BCUT2D eigenvalue weighted by molar-refractivity contribution is 0.0695. The maximum Gasteiger partial charge on any atom is 0.341 e. The molecule has 0 fully saturated rings. The first kappa shape index (κ1) is 13.2. The van der Waals surface area contributed by atoms with Crippen LogP contribution in [0.15, 0.2) is 35.1 Å². The minimum atomic E-state index is -1.25. The Morgan fingerprint density at radius 3 is 2.57 bits per heavy atom. The summed E-state index contributed by atoms with van der Waals surface area (Å²) < 4.78 is 11.1. The smallest absolute Gasteiger partial charge is 0.341 e. The summed E-state index contributed by atoms with van der Waals surface area (Å²) in [6.07, 6.45) is 0.814. The van der Waals surface area contributed by atoms with Gasteiger partial charge in [-0.3, -0.25) is 4.79 Å². The van der Waals surface area contributed by atoms with Gasteiger partial charge in [0.15, 0.2) is 11.5 Å². The molecule has 2 aromatic rings. The van der Waals surface area contributed by atoms with Crippen LogP contribution in [0.3, 0.4) is 0 Å². The highest BCUT2D eigenvalue weighted by Gasteiger charge is 2.13. The largest absolute Gasteiger partial charge is 0.490 e. The number of pyridine rings is 1. The van der Waals surface area contributed by atoms with Crippen molar-refractivity contribution >= 4 is 5.97 Å². The fourth-order valence-corrected chi connectivity index (χ4v) is 2.14. The minimum absolute atomic E-state index is 0.284. The summed E-state index contributed by atoms with van der Waals surface area (Å²) in [7, 11) is 0. The van der Waals surface area contributed by atoms with Gasteiger partial charge in [-0.25, -0.2) is 4.79 Å². The summed E-state index contributed by atoms with van der Waals surface area (Å²) in [5.74, 6) is 0.0374. The van der Waals surface area contributed by atoms with Crippen LogP contribution in [0.5, 0.6) is 11.5 Å². The number of carbonyl (C=O) groups is 1. The fourth-order valence-electron chi connectivity index (χ4n) is 2.14. The topological polar surface area (TPSA) is 88.6 Å². The Labute approximate surface area is 120 Å². The van der Waals surface area contributed by atoms with Crippen molar-refractivity contribution in [3.63, 3.8) is 0 Å². The molecule has 0 saturated heterocycles. The SMILES string of the molecule is O=C(O)c1ccc(-c2ccc3c(c2)OCCCO3)[nH]c1=O. The zero-order chi connectivity index (χ0) is 14.8. The molecule has 1 aliphatic heterocycles. The summed E-state index contributed by atoms with van der Waals surface area (Å²) in [5.41, 5.74) is 0.342. The Morgan fingerprint density at radius 2 is 1.86 bits per heavy atom. The molecule has 0 amide bonds. The van der Waals surface area contributed by atoms with Crippen molar-refractivity contribution in [1.82, 2.24) is 4.98 Å². The minimum Gasteiger partial charge on any atom is -0.490 e. The van der Waals surface area contributed by atoms with Gasteiger partial charge in [0, 0.05) is 17.7 Å². The first-order chi connectivity index (χ1) is 10.1. The molecule has 0 aliphatic carbocycles. The molecule has 1 aliphatic rings. The molecule has 0 radical (unpaired) electrons. The number of fused-ring (bicyclic) bond motifs is 1. The number of nitrogens with one attached hydrogen (secondary N) is 1. The van der Waals surface area contributed by atoms with Crippen molar-refractivity contribution < 1.29 is 19.4 Å². The molecule has 1 aromatic heterocycles. The standard InChI is InChI=1S/C15H13NO5/c17-14-10(15(18)19)3-4-11(16-14)9-2-5-12-13(8-9)21-7-1-6-20-12/h2-5,8H,1,6-7H2,(H,16,17)(H,18,19). The van der Waals surface area contributed by atoms with E-state index in [1.165, 1.54) is 6.07 Å². The van der Waals surface area contributed by atoms with Gasteiger partial charge in [0.25, 0.3) is 5.56 Å². The quantitative estimate of drug-likeness (QED) is 0.880. The summed E-state index contributed by atoms with van der Waals surface area (Å²) >= 11 is 0. The molecule has 0 spiro atoms. The summed E-state index contributed by atoms with van der Waals surface area (Å²) in [4.78, 5) is 25.1. The lowest BCUT2D eigenvalue weighted by Crippen LogP contribution is -2.17. The van der Waals surface area contributed by atoms with Gasteiger partial charge < -0.3 is 19.6 Å². The van der Waals surface area contributed by atoms with Crippen LogP contribution in [0.4, 0.5) is 0 Å². The van der Waals surface area contributed by atoms with E-state index in [1.807, 2.05) is 0 Å². The summed E-state index contributed by atoms with van der Waals surface area (Å²) in [6, 6.07) is 8.19. The second-order valence-electron chi connectivity index (χ2n) is 4.63. The van der Waals surface area contributed by atoms with E-state index in [0.29, 0.717) is 30.4 Å². The molecule has 2 N–H and O–H groups in total. The van der Waals surface area contributed by atoms with Gasteiger partial charge in [-0.2, -0.15) is 0 Å². The second-order valence-corrected chi connectivity index (χ2v) is 4.63. The van der Waals surface area contributed by atoms with Crippen molar-refractivity contribution in [1.29, 1.82) is 0 Å². The molecule has 2 heterocycles. The van der Waals surface area contributed by atoms with Gasteiger partial charge in [0.05, 0.1) is 13.2 Å². The average Bonchev–Trinajstić information content (AvgIpc) is 2.71. The first-order valence-electron chi connectivity index (χ1n) is 6.52. The van der Waals surface area contributed by atoms with Gasteiger partial charge in [-0.05, 0) is 30.3 Å². The molecule has 108 valence electrons. The van der Waals surface area contributed by atoms with Crippen LogP contribution in [0.2, 0.25) is 0 Å². The molecule has 21 heavy (non-hydrogen) atoms. The van der Waals surface area contributed by atoms with E-state index < -0.39 is 11.5 Å². The highest BCUT2D eigenvalue weighted by molar-refractivity contribution is 5.87. The number of benzene rings is 1. The zero-order valence-electron chi connectivity index (χ0n) is 11.1. The molecule has 6 heteroatoms. The lowest BCUT2D eigenvalue weighted by atomic mass is 10.1. The number of carboxylic acid groups (broad SMARTS) is 1. The van der Waals surface area contributed by atoms with Crippen LogP contribution in [0.1, 0.15) is 16.8 Å². The highest BCUT2D eigenvalue weighted by Crippen LogP contribution is 2.33. The van der Waals surface area contributed by atoms with E-state index in [1.54, 1.807) is 24.3 Å². The maximum atomic E-state index is 11.7. The number of aromatic amines is 1. The van der Waals surface area contributed by atoms with Crippen LogP contribution in [0, 0.1) is 0 Å². The molecule has 0 bridgehead atoms. The number of rotatable bonds is 2. The Kier molecular flexibility index (Phi) is 3.35. The number of hydrogen-bond acceptors (Lipinski definition) is 4. The molecule has 6 nitrogen and oxygen atoms in total. The number of hydrogen-bond donors (Lipinski definition) is 2. The third-order valence-corrected chi connectivity index (χ3v) is 3.20. The van der Waals surface area contributed by atoms with Gasteiger partial charge in [0.2, 0.25) is 0 Å². The second kappa shape index (κ2) is 5.32. The Morgan fingerprint density at radius 1 is 1.10 bits per heavy atom. The van der Waals surface area contributed by atoms with Crippen LogP contribution >= 0.6 is 0 Å². The van der Waals surface area contributed by atoms with Crippen LogP contribution < -0.4 is 15.0 Å². The van der Waals surface area contributed by atoms with E-state index in [4.69, 9.17) is 14.6 Å². The molecule has 3 rings (SSSR count). The van der Waals surface area contributed by atoms with Gasteiger partial charge in [0.1, 0.15) is 5.56 Å². The average molecular weight is 287 g/mol. The van der Waals surface area contributed by atoms with E-state index in [0.717, 1.165) is 12.0 Å². The van der Waals surface area contributed by atoms with Crippen molar-refractivity contribution in [2.45, 2.75) is 6.42 Å². The monoisotopic (exact) mass is 287 g/mol. The summed E-state index contributed by atoms with van der Waals surface area (Å²) in [6.45, 7) is 1.18.